The van der Waals surface area contributed by atoms with Crippen molar-refractivity contribution in [2.24, 2.45) is 5.41 Å². The Morgan fingerprint density at radius 3 is 2.28 bits per heavy atom. The molecule has 1 spiro atoms. The van der Waals surface area contributed by atoms with Gasteiger partial charge < -0.3 is 14.0 Å². The molecule has 3 nitrogen and oxygen atoms in total. The van der Waals surface area contributed by atoms with E-state index in [1.165, 1.54) is 25.7 Å². The molecule has 0 amide bonds. The average molecular weight is 252 g/mol. The zero-order valence-electron chi connectivity index (χ0n) is 12.1. The molecule has 0 radical (unpaired) electrons. The third-order valence-electron chi connectivity index (χ3n) is 5.56. The van der Waals surface area contributed by atoms with Gasteiger partial charge in [-0.25, -0.2) is 0 Å². The lowest BCUT2D eigenvalue weighted by Gasteiger charge is -2.32. The molecular weight excluding hydrogens is 227 g/mol. The summed E-state index contributed by atoms with van der Waals surface area (Å²) in [5, 5.41) is 0. The second kappa shape index (κ2) is 3.97. The summed E-state index contributed by atoms with van der Waals surface area (Å²) in [6.07, 6.45) is 4.91. The Balaban J connectivity index is 1.68. The maximum absolute atomic E-state index is 6.19. The first-order valence-electron chi connectivity index (χ1n) is 7.30. The topological polar surface area (TPSA) is 27.7 Å². The zero-order valence-corrected chi connectivity index (χ0v) is 12.1. The molecule has 3 fully saturated rings. The molecule has 2 atom stereocenters. The van der Waals surface area contributed by atoms with Gasteiger partial charge >= 0.3 is 7.12 Å². The van der Waals surface area contributed by atoms with Gasteiger partial charge in [0, 0.05) is 19.0 Å². The largest absolute Gasteiger partial charge is 0.461 e. The van der Waals surface area contributed by atoms with Crippen molar-refractivity contribution in [1.82, 2.24) is 0 Å². The molecule has 1 saturated carbocycles. The van der Waals surface area contributed by atoms with Crippen molar-refractivity contribution in [2.45, 2.75) is 70.4 Å². The van der Waals surface area contributed by atoms with Crippen LogP contribution in [0.1, 0.15) is 53.4 Å². The van der Waals surface area contributed by atoms with Crippen molar-refractivity contribution in [3.8, 4) is 0 Å². The van der Waals surface area contributed by atoms with Gasteiger partial charge in [-0.15, -0.1) is 0 Å². The molecule has 0 aromatic rings. The van der Waals surface area contributed by atoms with Crippen LogP contribution in [0.2, 0.25) is 5.82 Å². The Hall–Kier alpha value is -0.0551. The van der Waals surface area contributed by atoms with Gasteiger partial charge in [0.2, 0.25) is 0 Å². The summed E-state index contributed by atoms with van der Waals surface area (Å²) < 4.78 is 18.0. The van der Waals surface area contributed by atoms with Crippen molar-refractivity contribution in [2.75, 3.05) is 13.2 Å². The van der Waals surface area contributed by atoms with Crippen molar-refractivity contribution < 1.29 is 14.0 Å². The first-order valence-corrected chi connectivity index (χ1v) is 7.30. The van der Waals surface area contributed by atoms with Gasteiger partial charge in [-0.1, -0.05) is 0 Å². The van der Waals surface area contributed by atoms with E-state index in [0.29, 0.717) is 11.2 Å². The van der Waals surface area contributed by atoms with Crippen LogP contribution in [0.3, 0.4) is 0 Å². The summed E-state index contributed by atoms with van der Waals surface area (Å²) in [5.74, 6) is 0.584. The summed E-state index contributed by atoms with van der Waals surface area (Å²) in [4.78, 5) is 0. The van der Waals surface area contributed by atoms with Crippen LogP contribution in [-0.4, -0.2) is 31.5 Å². The molecule has 0 bridgehead atoms. The Morgan fingerprint density at radius 1 is 0.944 bits per heavy atom. The summed E-state index contributed by atoms with van der Waals surface area (Å²) >= 11 is 0. The van der Waals surface area contributed by atoms with Crippen LogP contribution in [0.15, 0.2) is 0 Å². The van der Waals surface area contributed by atoms with E-state index in [4.69, 9.17) is 14.0 Å². The summed E-state index contributed by atoms with van der Waals surface area (Å²) in [6, 6.07) is 0. The van der Waals surface area contributed by atoms with Gasteiger partial charge in [-0.3, -0.25) is 0 Å². The molecule has 2 aliphatic heterocycles. The van der Waals surface area contributed by atoms with Gasteiger partial charge in [0.15, 0.2) is 0 Å². The van der Waals surface area contributed by atoms with Gasteiger partial charge in [-0.05, 0) is 58.8 Å². The zero-order chi connectivity index (χ0) is 13.0. The maximum Gasteiger partial charge on any atom is 0.461 e. The highest BCUT2D eigenvalue weighted by Crippen LogP contribution is 2.67. The Morgan fingerprint density at radius 2 is 1.61 bits per heavy atom. The molecule has 0 aromatic carbocycles. The third kappa shape index (κ3) is 1.93. The first-order chi connectivity index (χ1) is 8.36. The molecule has 2 saturated heterocycles. The predicted octanol–water partition coefficient (Wildman–Crippen LogP) is 3.04. The highest BCUT2D eigenvalue weighted by atomic mass is 16.7. The van der Waals surface area contributed by atoms with E-state index in [0.717, 1.165) is 13.2 Å². The molecule has 0 N–H and O–H groups in total. The van der Waals surface area contributed by atoms with Crippen molar-refractivity contribution in [3.05, 3.63) is 0 Å². The first kappa shape index (κ1) is 13.0. The fourth-order valence-corrected chi connectivity index (χ4v) is 3.42. The fraction of sp³-hybridized carbons (Fsp3) is 1.00. The van der Waals surface area contributed by atoms with Crippen LogP contribution in [-0.2, 0) is 14.0 Å². The monoisotopic (exact) mass is 252 g/mol. The minimum atomic E-state index is -0.192. The molecule has 2 unspecified atom stereocenters. The summed E-state index contributed by atoms with van der Waals surface area (Å²) in [5.41, 5.74) is 0.0724. The average Bonchev–Trinajstić information content (AvgIpc) is 2.96. The van der Waals surface area contributed by atoms with E-state index in [1.54, 1.807) is 0 Å². The van der Waals surface area contributed by atoms with Crippen LogP contribution in [0.4, 0.5) is 0 Å². The lowest BCUT2D eigenvalue weighted by molar-refractivity contribution is 0.00578. The van der Waals surface area contributed by atoms with E-state index in [1.807, 2.05) is 0 Å². The lowest BCUT2D eigenvalue weighted by atomic mass is 9.74. The minimum absolute atomic E-state index is 0.00639. The van der Waals surface area contributed by atoms with Crippen molar-refractivity contribution in [3.63, 3.8) is 0 Å². The Bertz CT molecular complexity index is 316. The number of hydrogen-bond acceptors (Lipinski definition) is 3. The number of ether oxygens (including phenoxy) is 1. The smallest absolute Gasteiger partial charge is 0.403 e. The molecule has 3 aliphatic rings. The van der Waals surface area contributed by atoms with E-state index in [9.17, 15) is 0 Å². The predicted molar refractivity (Wildman–Crippen MR) is 71.6 cm³/mol. The normalized spacial score (nSPS) is 42.0. The van der Waals surface area contributed by atoms with Crippen molar-refractivity contribution >= 4 is 7.12 Å². The van der Waals surface area contributed by atoms with Crippen LogP contribution < -0.4 is 0 Å². The van der Waals surface area contributed by atoms with E-state index < -0.39 is 0 Å². The molecule has 2 heterocycles. The SMILES string of the molecule is CC1(C)OB(C2CC23CCCOCC3)OC1(C)C. The highest BCUT2D eigenvalue weighted by Gasteiger charge is 2.65. The van der Waals surface area contributed by atoms with Gasteiger partial charge in [0.05, 0.1) is 11.2 Å². The summed E-state index contributed by atoms with van der Waals surface area (Å²) in [7, 11) is -0.00639. The van der Waals surface area contributed by atoms with E-state index in [-0.39, 0.29) is 18.3 Å². The van der Waals surface area contributed by atoms with Crippen molar-refractivity contribution in [1.29, 1.82) is 0 Å². The fourth-order valence-electron chi connectivity index (χ4n) is 3.42. The molecule has 4 heteroatoms. The molecule has 0 aromatic heterocycles. The van der Waals surface area contributed by atoms with Gasteiger partial charge in [-0.2, -0.15) is 0 Å². The molecule has 1 aliphatic carbocycles. The van der Waals surface area contributed by atoms with Gasteiger partial charge in [0.25, 0.3) is 0 Å². The molecule has 3 rings (SSSR count). The highest BCUT2D eigenvalue weighted by molar-refractivity contribution is 6.49. The van der Waals surface area contributed by atoms with Crippen LogP contribution in [0.25, 0.3) is 0 Å². The Labute approximate surface area is 111 Å². The molecular formula is C14H25BO3. The minimum Gasteiger partial charge on any atom is -0.403 e. The van der Waals surface area contributed by atoms with Gasteiger partial charge in [0.1, 0.15) is 0 Å². The molecule has 102 valence electrons. The lowest BCUT2D eigenvalue weighted by Crippen LogP contribution is -2.41. The quantitative estimate of drug-likeness (QED) is 0.671. The standard InChI is InChI=1S/C14H25BO3/c1-12(2)13(3,4)18-15(17-12)11-10-14(11)6-5-8-16-9-7-14/h11H,5-10H2,1-4H3. The Kier molecular flexibility index (Phi) is 2.86. The number of hydrogen-bond donors (Lipinski definition) is 0. The van der Waals surface area contributed by atoms with E-state index >= 15 is 0 Å². The second-order valence-corrected chi connectivity index (χ2v) is 7.26. The molecule has 18 heavy (non-hydrogen) atoms. The maximum atomic E-state index is 6.19. The van der Waals surface area contributed by atoms with E-state index in [2.05, 4.69) is 27.7 Å². The summed E-state index contributed by atoms with van der Waals surface area (Å²) in [6.45, 7) is 10.4. The van der Waals surface area contributed by atoms with Crippen LogP contribution in [0, 0.1) is 5.41 Å². The third-order valence-corrected chi connectivity index (χ3v) is 5.56. The van der Waals surface area contributed by atoms with Crippen LogP contribution >= 0.6 is 0 Å². The second-order valence-electron chi connectivity index (χ2n) is 7.26. The van der Waals surface area contributed by atoms with Crippen LogP contribution in [0.5, 0.6) is 0 Å². The number of rotatable bonds is 1.